The molecule has 11 heteroatoms. The Hall–Kier alpha value is -4.51. The molecule has 0 unspecified atom stereocenters. The van der Waals surface area contributed by atoms with Gasteiger partial charge in [-0.2, -0.15) is 0 Å². The van der Waals surface area contributed by atoms with Crippen molar-refractivity contribution in [3.05, 3.63) is 71.9 Å². The van der Waals surface area contributed by atoms with Crippen molar-refractivity contribution in [1.82, 2.24) is 25.3 Å². The van der Waals surface area contributed by atoms with E-state index in [0.717, 1.165) is 16.3 Å². The molecule has 4 rings (SSSR count). The number of amides is 3. The number of aromatic nitrogens is 2. The zero-order chi connectivity index (χ0) is 28.7. The van der Waals surface area contributed by atoms with E-state index in [9.17, 15) is 14.4 Å². The molecule has 0 radical (unpaired) electrons. The van der Waals surface area contributed by atoms with Gasteiger partial charge in [0.25, 0.3) is 11.8 Å². The van der Waals surface area contributed by atoms with Gasteiger partial charge in [0.1, 0.15) is 5.60 Å². The monoisotopic (exact) mass is 546 g/mol. The van der Waals surface area contributed by atoms with Crippen molar-refractivity contribution in [3.8, 4) is 11.3 Å². The van der Waals surface area contributed by atoms with Crippen LogP contribution in [0.2, 0.25) is 0 Å². The second kappa shape index (κ2) is 12.6. The smallest absolute Gasteiger partial charge is 0.429 e. The SMILES string of the molecule is CCN(NC(=O)c1ccc(-c2ccnc(Nc3ccc(C(=O)N4CCOCC4)cc3)n2)cc1)C(=O)OC(C)(C)C. The van der Waals surface area contributed by atoms with E-state index >= 15 is 0 Å². The standard InChI is InChI=1S/C29H34N6O5/c1-5-35(28(38)40-29(2,3)4)33-25(36)21-8-6-20(7-9-21)24-14-15-30-27(32-24)31-23-12-10-22(11-13-23)26(37)34-16-18-39-19-17-34/h6-15H,5,16-19H2,1-4H3,(H,33,36)(H,30,31,32). The number of ether oxygens (including phenoxy) is 2. The summed E-state index contributed by atoms with van der Waals surface area (Å²) in [6.07, 6.45) is 1.01. The molecule has 40 heavy (non-hydrogen) atoms. The molecule has 0 atom stereocenters. The van der Waals surface area contributed by atoms with Crippen LogP contribution in [-0.4, -0.2) is 76.2 Å². The van der Waals surface area contributed by atoms with Gasteiger partial charge in [-0.05, 0) is 70.2 Å². The van der Waals surface area contributed by atoms with E-state index in [1.807, 2.05) is 12.1 Å². The first-order valence-corrected chi connectivity index (χ1v) is 13.1. The lowest BCUT2D eigenvalue weighted by Crippen LogP contribution is -2.48. The molecule has 2 aromatic carbocycles. The number of hydrogen-bond acceptors (Lipinski definition) is 8. The minimum atomic E-state index is -0.673. The summed E-state index contributed by atoms with van der Waals surface area (Å²) < 4.78 is 10.6. The summed E-state index contributed by atoms with van der Waals surface area (Å²) in [5.41, 5.74) is 5.09. The summed E-state index contributed by atoms with van der Waals surface area (Å²) in [5.74, 6) is -0.0557. The fraction of sp³-hybridized carbons (Fsp3) is 0.345. The van der Waals surface area contributed by atoms with Gasteiger partial charge < -0.3 is 19.7 Å². The number of hydrazine groups is 1. The Bertz CT molecular complexity index is 1330. The molecule has 1 aromatic heterocycles. The van der Waals surface area contributed by atoms with Crippen LogP contribution in [0.25, 0.3) is 11.3 Å². The molecule has 0 bridgehead atoms. The molecule has 0 aliphatic carbocycles. The summed E-state index contributed by atoms with van der Waals surface area (Å²) in [6.45, 7) is 9.58. The van der Waals surface area contributed by atoms with Crippen LogP contribution in [-0.2, 0) is 9.47 Å². The van der Waals surface area contributed by atoms with Gasteiger partial charge in [-0.25, -0.2) is 19.8 Å². The van der Waals surface area contributed by atoms with E-state index < -0.39 is 17.6 Å². The number of morpholine rings is 1. The number of carbonyl (C=O) groups is 3. The number of benzene rings is 2. The van der Waals surface area contributed by atoms with Gasteiger partial charge in [0, 0.05) is 48.2 Å². The topological polar surface area (TPSA) is 126 Å². The van der Waals surface area contributed by atoms with Gasteiger partial charge >= 0.3 is 6.09 Å². The van der Waals surface area contributed by atoms with Gasteiger partial charge in [0.2, 0.25) is 5.95 Å². The molecule has 2 N–H and O–H groups in total. The third kappa shape index (κ3) is 7.54. The molecule has 0 saturated carbocycles. The summed E-state index contributed by atoms with van der Waals surface area (Å²) in [5, 5.41) is 4.30. The van der Waals surface area contributed by atoms with Crippen LogP contribution in [0.1, 0.15) is 48.4 Å². The number of rotatable bonds is 6. The maximum absolute atomic E-state index is 12.7. The minimum Gasteiger partial charge on any atom is -0.442 e. The van der Waals surface area contributed by atoms with Crippen LogP contribution in [0.3, 0.4) is 0 Å². The second-order valence-corrected chi connectivity index (χ2v) is 10.1. The first-order chi connectivity index (χ1) is 19.1. The zero-order valence-electron chi connectivity index (χ0n) is 23.1. The molecular weight excluding hydrogens is 512 g/mol. The lowest BCUT2D eigenvalue weighted by atomic mass is 10.1. The van der Waals surface area contributed by atoms with Crippen molar-refractivity contribution in [1.29, 1.82) is 0 Å². The molecule has 2 heterocycles. The Kier molecular flexibility index (Phi) is 8.95. The first kappa shape index (κ1) is 28.5. The summed E-state index contributed by atoms with van der Waals surface area (Å²) in [4.78, 5) is 48.4. The maximum atomic E-state index is 12.7. The van der Waals surface area contributed by atoms with E-state index in [4.69, 9.17) is 9.47 Å². The van der Waals surface area contributed by atoms with E-state index in [1.165, 1.54) is 0 Å². The molecule has 3 amide bonds. The highest BCUT2D eigenvalue weighted by Crippen LogP contribution is 2.21. The average Bonchev–Trinajstić information content (AvgIpc) is 2.95. The molecule has 1 aliphatic heterocycles. The molecular formula is C29H34N6O5. The predicted molar refractivity (Wildman–Crippen MR) is 150 cm³/mol. The Labute approximate surface area is 233 Å². The summed E-state index contributed by atoms with van der Waals surface area (Å²) in [7, 11) is 0. The maximum Gasteiger partial charge on any atom is 0.429 e. The molecule has 210 valence electrons. The van der Waals surface area contributed by atoms with Crippen molar-refractivity contribution in [2.75, 3.05) is 38.2 Å². The molecule has 3 aromatic rings. The molecule has 0 spiro atoms. The normalized spacial score (nSPS) is 13.3. The van der Waals surface area contributed by atoms with E-state index in [2.05, 4.69) is 20.7 Å². The van der Waals surface area contributed by atoms with Gasteiger partial charge in [-0.3, -0.25) is 15.0 Å². The van der Waals surface area contributed by atoms with Crippen molar-refractivity contribution < 1.29 is 23.9 Å². The fourth-order valence-electron chi connectivity index (χ4n) is 3.90. The predicted octanol–water partition coefficient (Wildman–Crippen LogP) is 4.26. The fourth-order valence-corrected chi connectivity index (χ4v) is 3.90. The largest absolute Gasteiger partial charge is 0.442 e. The van der Waals surface area contributed by atoms with Crippen LogP contribution >= 0.6 is 0 Å². The van der Waals surface area contributed by atoms with Crippen molar-refractivity contribution in [2.45, 2.75) is 33.3 Å². The van der Waals surface area contributed by atoms with E-state index in [0.29, 0.717) is 49.1 Å². The molecule has 1 aliphatic rings. The van der Waals surface area contributed by atoms with Crippen LogP contribution in [0, 0.1) is 0 Å². The van der Waals surface area contributed by atoms with E-state index in [1.54, 1.807) is 81.3 Å². The lowest BCUT2D eigenvalue weighted by molar-refractivity contribution is 0.0146. The number of carbonyl (C=O) groups excluding carboxylic acids is 3. The highest BCUT2D eigenvalue weighted by Gasteiger charge is 2.23. The lowest BCUT2D eigenvalue weighted by Gasteiger charge is -2.26. The molecule has 1 saturated heterocycles. The van der Waals surface area contributed by atoms with Gasteiger partial charge in [0.15, 0.2) is 0 Å². The van der Waals surface area contributed by atoms with Crippen LogP contribution in [0.4, 0.5) is 16.4 Å². The van der Waals surface area contributed by atoms with E-state index in [-0.39, 0.29) is 12.5 Å². The van der Waals surface area contributed by atoms with Crippen molar-refractivity contribution in [3.63, 3.8) is 0 Å². The van der Waals surface area contributed by atoms with Crippen LogP contribution in [0.5, 0.6) is 0 Å². The first-order valence-electron chi connectivity index (χ1n) is 13.1. The summed E-state index contributed by atoms with van der Waals surface area (Å²) in [6, 6.07) is 15.8. The Morgan fingerprint density at radius 1 is 0.975 bits per heavy atom. The van der Waals surface area contributed by atoms with Gasteiger partial charge in [0.05, 0.1) is 18.9 Å². The van der Waals surface area contributed by atoms with Gasteiger partial charge in [-0.1, -0.05) is 12.1 Å². The Morgan fingerprint density at radius 2 is 1.62 bits per heavy atom. The van der Waals surface area contributed by atoms with Crippen LogP contribution in [0.15, 0.2) is 60.8 Å². The number of anilines is 2. The average molecular weight is 547 g/mol. The number of nitrogens with zero attached hydrogens (tertiary/aromatic N) is 4. The van der Waals surface area contributed by atoms with Gasteiger partial charge in [-0.15, -0.1) is 0 Å². The Morgan fingerprint density at radius 3 is 2.25 bits per heavy atom. The third-order valence-electron chi connectivity index (χ3n) is 5.95. The number of hydrogen-bond donors (Lipinski definition) is 2. The van der Waals surface area contributed by atoms with Crippen LogP contribution < -0.4 is 10.7 Å². The number of nitrogens with one attached hydrogen (secondary N) is 2. The Balaban J connectivity index is 1.38. The third-order valence-corrected chi connectivity index (χ3v) is 5.95. The quantitative estimate of drug-likeness (QED) is 0.439. The minimum absolute atomic E-state index is 0.0162. The highest BCUT2D eigenvalue weighted by molar-refractivity contribution is 5.95. The molecule has 11 nitrogen and oxygen atoms in total. The van der Waals surface area contributed by atoms with Crippen molar-refractivity contribution >= 4 is 29.5 Å². The zero-order valence-corrected chi connectivity index (χ0v) is 23.1. The summed E-state index contributed by atoms with van der Waals surface area (Å²) >= 11 is 0. The van der Waals surface area contributed by atoms with Crippen molar-refractivity contribution in [2.24, 2.45) is 0 Å². The molecule has 1 fully saturated rings. The second-order valence-electron chi connectivity index (χ2n) is 10.1. The highest BCUT2D eigenvalue weighted by atomic mass is 16.6.